The van der Waals surface area contributed by atoms with E-state index in [-0.39, 0.29) is 5.69 Å². The first kappa shape index (κ1) is 8.21. The number of nitrogens with zero attached hydrogens (tertiary/aromatic N) is 2. The van der Waals surface area contributed by atoms with Gasteiger partial charge in [-0.1, -0.05) is 6.07 Å². The molecule has 1 aromatic rings. The minimum absolute atomic E-state index is 0.0279. The van der Waals surface area contributed by atoms with E-state index >= 15 is 0 Å². The second kappa shape index (κ2) is 3.01. The predicted octanol–water partition coefficient (Wildman–Crippen LogP) is 1.64. The van der Waals surface area contributed by atoms with Crippen molar-refractivity contribution in [2.24, 2.45) is 0 Å². The van der Waals surface area contributed by atoms with Crippen LogP contribution in [0, 0.1) is 13.5 Å². The van der Waals surface area contributed by atoms with Crippen LogP contribution in [0.1, 0.15) is 16.2 Å². The van der Waals surface area contributed by atoms with Gasteiger partial charge in [0.15, 0.2) is 0 Å². The van der Waals surface area contributed by atoms with Gasteiger partial charge < -0.3 is 5.11 Å². The highest BCUT2D eigenvalue weighted by Crippen LogP contribution is 2.15. The minimum Gasteiger partial charge on any atom is -0.477 e. The van der Waals surface area contributed by atoms with Crippen molar-refractivity contribution in [1.29, 1.82) is 0 Å². The quantitative estimate of drug-likeness (QED) is 0.638. The van der Waals surface area contributed by atoms with Crippen LogP contribution in [0.15, 0.2) is 12.1 Å². The molecule has 0 spiro atoms. The Morgan fingerprint density at radius 1 is 1.67 bits per heavy atom. The number of carbonyl (C=O) groups is 1. The molecular formula is C8H6N2O2. The molecule has 0 aliphatic rings. The third kappa shape index (κ3) is 1.40. The zero-order valence-electron chi connectivity index (χ0n) is 6.40. The molecular weight excluding hydrogens is 156 g/mol. The summed E-state index contributed by atoms with van der Waals surface area (Å²) in [7, 11) is 0. The van der Waals surface area contributed by atoms with Gasteiger partial charge in [0.1, 0.15) is 5.69 Å². The highest BCUT2D eigenvalue weighted by Gasteiger charge is 2.06. The van der Waals surface area contributed by atoms with Gasteiger partial charge >= 0.3 is 5.97 Å². The molecule has 0 aliphatic carbocycles. The second-order valence-corrected chi connectivity index (χ2v) is 2.22. The second-order valence-electron chi connectivity index (χ2n) is 2.22. The topological polar surface area (TPSA) is 54.5 Å². The Hall–Kier alpha value is -1.89. The van der Waals surface area contributed by atoms with E-state index in [4.69, 9.17) is 11.7 Å². The fourth-order valence-electron chi connectivity index (χ4n) is 0.791. The molecule has 0 bridgehead atoms. The number of carboxylic acid groups (broad SMARTS) is 1. The van der Waals surface area contributed by atoms with Crippen LogP contribution in [-0.4, -0.2) is 16.1 Å². The average molecular weight is 162 g/mol. The normalized spacial score (nSPS) is 9.00. The molecule has 0 atom stereocenters. The van der Waals surface area contributed by atoms with E-state index in [1.54, 1.807) is 6.92 Å². The fraction of sp³-hybridized carbons (Fsp3) is 0.125. The highest BCUT2D eigenvalue weighted by molar-refractivity contribution is 5.85. The molecule has 0 aromatic carbocycles. The number of aromatic carboxylic acids is 1. The summed E-state index contributed by atoms with van der Waals surface area (Å²) >= 11 is 0. The molecule has 1 N–H and O–H groups in total. The Labute approximate surface area is 69.3 Å². The molecule has 0 saturated heterocycles. The monoisotopic (exact) mass is 162 g/mol. The average Bonchev–Trinajstić information content (AvgIpc) is 2.04. The number of aryl methyl sites for hydroxylation is 1. The maximum atomic E-state index is 10.4. The molecule has 0 fully saturated rings. The molecule has 1 heterocycles. The van der Waals surface area contributed by atoms with E-state index in [0.717, 1.165) is 0 Å². The Kier molecular flexibility index (Phi) is 2.06. The predicted molar refractivity (Wildman–Crippen MR) is 42.2 cm³/mol. The van der Waals surface area contributed by atoms with E-state index in [1.165, 1.54) is 12.1 Å². The van der Waals surface area contributed by atoms with Crippen molar-refractivity contribution < 1.29 is 9.90 Å². The van der Waals surface area contributed by atoms with Gasteiger partial charge in [-0.05, 0) is 13.0 Å². The first-order chi connectivity index (χ1) is 5.65. The van der Waals surface area contributed by atoms with Gasteiger partial charge in [-0.15, -0.1) is 0 Å². The van der Waals surface area contributed by atoms with Crippen molar-refractivity contribution in [2.45, 2.75) is 6.92 Å². The van der Waals surface area contributed by atoms with Crippen LogP contribution < -0.4 is 0 Å². The molecule has 0 amide bonds. The first-order valence-electron chi connectivity index (χ1n) is 3.23. The molecule has 0 radical (unpaired) electrons. The molecule has 12 heavy (non-hydrogen) atoms. The molecule has 4 nitrogen and oxygen atoms in total. The third-order valence-electron chi connectivity index (χ3n) is 1.40. The Balaban J connectivity index is 3.21. The van der Waals surface area contributed by atoms with Crippen molar-refractivity contribution >= 4 is 11.7 Å². The Morgan fingerprint density at radius 2 is 2.33 bits per heavy atom. The summed E-state index contributed by atoms with van der Waals surface area (Å²) in [6.45, 7) is 8.31. The number of carboxylic acids is 1. The molecule has 4 heteroatoms. The zero-order valence-corrected chi connectivity index (χ0v) is 6.40. The summed E-state index contributed by atoms with van der Waals surface area (Å²) in [5.74, 6) is -1.07. The van der Waals surface area contributed by atoms with Crippen LogP contribution in [0.5, 0.6) is 0 Å². The first-order valence-corrected chi connectivity index (χ1v) is 3.23. The van der Waals surface area contributed by atoms with Crippen molar-refractivity contribution in [3.8, 4) is 0 Å². The van der Waals surface area contributed by atoms with Crippen LogP contribution in [0.4, 0.5) is 5.69 Å². The van der Waals surface area contributed by atoms with Crippen LogP contribution >= 0.6 is 0 Å². The van der Waals surface area contributed by atoms with Gasteiger partial charge in [-0.3, -0.25) is 4.98 Å². The number of hydrogen-bond acceptors (Lipinski definition) is 2. The largest absolute Gasteiger partial charge is 0.477 e. The number of rotatable bonds is 1. The van der Waals surface area contributed by atoms with Gasteiger partial charge in [0.2, 0.25) is 5.69 Å². The van der Waals surface area contributed by atoms with Crippen molar-refractivity contribution in [3.05, 3.63) is 34.9 Å². The summed E-state index contributed by atoms with van der Waals surface area (Å²) in [5.41, 5.74) is 0.810. The summed E-state index contributed by atoms with van der Waals surface area (Å²) in [6, 6.07) is 2.78. The van der Waals surface area contributed by atoms with E-state index < -0.39 is 5.97 Å². The van der Waals surface area contributed by atoms with Gasteiger partial charge in [0.05, 0.1) is 6.57 Å². The lowest BCUT2D eigenvalue weighted by atomic mass is 10.3. The number of pyridine rings is 1. The SMILES string of the molecule is [C-]#[N+]c1ccc(C(=O)O)nc1C. The van der Waals surface area contributed by atoms with Crippen molar-refractivity contribution in [3.63, 3.8) is 0 Å². The van der Waals surface area contributed by atoms with Crippen LogP contribution in [-0.2, 0) is 0 Å². The fourth-order valence-corrected chi connectivity index (χ4v) is 0.791. The summed E-state index contributed by atoms with van der Waals surface area (Å²) in [6.07, 6.45) is 0. The molecule has 0 saturated carbocycles. The lowest BCUT2D eigenvalue weighted by molar-refractivity contribution is 0.0690. The molecule has 0 unspecified atom stereocenters. The van der Waals surface area contributed by atoms with Gasteiger partial charge in [-0.2, -0.15) is 0 Å². The van der Waals surface area contributed by atoms with Gasteiger partial charge in [-0.25, -0.2) is 9.64 Å². The van der Waals surface area contributed by atoms with E-state index in [2.05, 4.69) is 9.83 Å². The lowest BCUT2D eigenvalue weighted by Gasteiger charge is -1.97. The lowest BCUT2D eigenvalue weighted by Crippen LogP contribution is -2.00. The van der Waals surface area contributed by atoms with Crippen LogP contribution in [0.25, 0.3) is 4.85 Å². The Morgan fingerprint density at radius 3 is 2.75 bits per heavy atom. The van der Waals surface area contributed by atoms with Crippen molar-refractivity contribution in [2.75, 3.05) is 0 Å². The smallest absolute Gasteiger partial charge is 0.354 e. The van der Waals surface area contributed by atoms with Gasteiger partial charge in [0.25, 0.3) is 0 Å². The maximum absolute atomic E-state index is 10.4. The van der Waals surface area contributed by atoms with Crippen LogP contribution in [0.2, 0.25) is 0 Å². The number of aromatic nitrogens is 1. The standard InChI is InChI=1S/C8H6N2O2/c1-5-6(9-2)3-4-7(10-5)8(11)12/h3-4H,1H3,(H,11,12). The third-order valence-corrected chi connectivity index (χ3v) is 1.40. The van der Waals surface area contributed by atoms with E-state index in [1.807, 2.05) is 0 Å². The number of hydrogen-bond donors (Lipinski definition) is 1. The minimum atomic E-state index is -1.07. The summed E-state index contributed by atoms with van der Waals surface area (Å²) < 4.78 is 0. The van der Waals surface area contributed by atoms with Gasteiger partial charge in [0, 0.05) is 5.69 Å². The summed E-state index contributed by atoms with van der Waals surface area (Å²) in [4.78, 5) is 17.3. The highest BCUT2D eigenvalue weighted by atomic mass is 16.4. The Bertz CT molecular complexity index is 366. The van der Waals surface area contributed by atoms with Crippen LogP contribution in [0.3, 0.4) is 0 Å². The zero-order chi connectivity index (χ0) is 9.14. The van der Waals surface area contributed by atoms with E-state index in [9.17, 15) is 4.79 Å². The molecule has 1 aromatic heterocycles. The molecule has 1 rings (SSSR count). The van der Waals surface area contributed by atoms with Crippen molar-refractivity contribution in [1.82, 2.24) is 4.98 Å². The molecule has 0 aliphatic heterocycles. The maximum Gasteiger partial charge on any atom is 0.354 e. The van der Waals surface area contributed by atoms with E-state index in [0.29, 0.717) is 11.4 Å². The molecule has 60 valence electrons. The summed E-state index contributed by atoms with van der Waals surface area (Å²) in [5, 5.41) is 8.53.